The zero-order chi connectivity index (χ0) is 27.3. The molecule has 0 bridgehead atoms. The van der Waals surface area contributed by atoms with Gasteiger partial charge in [-0.25, -0.2) is 4.79 Å². The summed E-state index contributed by atoms with van der Waals surface area (Å²) in [4.78, 5) is 32.9. The zero-order valence-electron chi connectivity index (χ0n) is 21.6. The first kappa shape index (κ1) is 31.5. The number of hydrogen-bond donors (Lipinski definition) is 5. The van der Waals surface area contributed by atoms with Crippen LogP contribution < -0.4 is 15.4 Å². The van der Waals surface area contributed by atoms with E-state index < -0.39 is 30.6 Å². The van der Waals surface area contributed by atoms with Crippen molar-refractivity contribution >= 4 is 18.2 Å². The molecule has 11 heteroatoms. The molecule has 1 aliphatic rings. The molecule has 4 unspecified atom stereocenters. The molecule has 1 heterocycles. The topological polar surface area (TPSA) is 164 Å². The van der Waals surface area contributed by atoms with E-state index in [1.807, 2.05) is 33.8 Å². The molecule has 1 fully saturated rings. The normalized spacial score (nSPS) is 21.5. The fourth-order valence-electron chi connectivity index (χ4n) is 3.16. The Hall–Kier alpha value is -2.57. The first-order valence-corrected chi connectivity index (χ1v) is 12.0. The summed E-state index contributed by atoms with van der Waals surface area (Å²) in [5.41, 5.74) is 1.51. The van der Waals surface area contributed by atoms with Crippen LogP contribution in [-0.2, 0) is 37.0 Å². The Kier molecular flexibility index (Phi) is 14.2. The van der Waals surface area contributed by atoms with Crippen molar-refractivity contribution < 1.29 is 43.9 Å². The van der Waals surface area contributed by atoms with Crippen LogP contribution in [-0.4, -0.2) is 77.8 Å². The molecule has 1 amide bonds. The highest BCUT2D eigenvalue weighted by molar-refractivity contribution is 5.76. The van der Waals surface area contributed by atoms with E-state index in [9.17, 15) is 29.7 Å². The van der Waals surface area contributed by atoms with Gasteiger partial charge in [0.2, 0.25) is 12.2 Å². The van der Waals surface area contributed by atoms with Crippen molar-refractivity contribution in [3.05, 3.63) is 29.3 Å². The second-order valence-corrected chi connectivity index (χ2v) is 9.13. The highest BCUT2D eigenvalue weighted by Gasteiger charge is 2.42. The van der Waals surface area contributed by atoms with Crippen LogP contribution in [0.3, 0.4) is 0 Å². The van der Waals surface area contributed by atoms with E-state index in [0.717, 1.165) is 11.8 Å². The highest BCUT2D eigenvalue weighted by atomic mass is 16.7. The quantitative estimate of drug-likeness (QED) is 0.255. The number of aliphatic hydroxyl groups is 2. The van der Waals surface area contributed by atoms with Crippen LogP contribution in [0, 0.1) is 5.92 Å². The van der Waals surface area contributed by atoms with E-state index in [1.165, 1.54) is 0 Å². The monoisotopic (exact) mass is 512 g/mol. The van der Waals surface area contributed by atoms with Crippen molar-refractivity contribution in [2.45, 2.75) is 84.3 Å². The fourth-order valence-corrected chi connectivity index (χ4v) is 3.16. The Morgan fingerprint density at radius 3 is 2.44 bits per heavy atom. The van der Waals surface area contributed by atoms with Gasteiger partial charge in [0.05, 0.1) is 12.7 Å². The van der Waals surface area contributed by atoms with Crippen LogP contribution in [0.2, 0.25) is 0 Å². The number of aldehydes is 1. The minimum Gasteiger partial charge on any atom is -0.479 e. The van der Waals surface area contributed by atoms with Gasteiger partial charge in [0.1, 0.15) is 18.1 Å². The zero-order valence-corrected chi connectivity index (χ0v) is 21.6. The molecule has 1 saturated heterocycles. The second-order valence-electron chi connectivity index (χ2n) is 9.13. The van der Waals surface area contributed by atoms with E-state index in [4.69, 9.17) is 14.2 Å². The summed E-state index contributed by atoms with van der Waals surface area (Å²) in [6.45, 7) is 8.82. The number of carbonyl (C=O) groups is 3. The van der Waals surface area contributed by atoms with Gasteiger partial charge in [0, 0.05) is 50.6 Å². The summed E-state index contributed by atoms with van der Waals surface area (Å²) in [6, 6.07) is 5.55. The molecule has 1 aromatic rings. The number of benzene rings is 1. The molecule has 0 saturated carbocycles. The van der Waals surface area contributed by atoms with Gasteiger partial charge < -0.3 is 45.0 Å². The van der Waals surface area contributed by atoms with Gasteiger partial charge in [-0.2, -0.15) is 0 Å². The number of methoxy groups -OCH3 is 1. The number of carbonyl (C=O) groups excluding carboxylic acids is 2. The van der Waals surface area contributed by atoms with E-state index in [0.29, 0.717) is 30.9 Å². The van der Waals surface area contributed by atoms with Crippen molar-refractivity contribution in [3.63, 3.8) is 0 Å². The number of hydrogen-bond acceptors (Lipinski definition) is 9. The summed E-state index contributed by atoms with van der Waals surface area (Å²) < 4.78 is 16.3. The molecule has 0 radical (unpaired) electrons. The second kappa shape index (κ2) is 16.2. The lowest BCUT2D eigenvalue weighted by Gasteiger charge is -2.35. The third-order valence-electron chi connectivity index (χ3n) is 5.03. The lowest BCUT2D eigenvalue weighted by Crippen LogP contribution is -2.53. The lowest BCUT2D eigenvalue weighted by atomic mass is 10.0. The molecule has 0 aromatic heterocycles. The first-order chi connectivity index (χ1) is 17.0. The maximum absolute atomic E-state index is 12.1. The predicted molar refractivity (Wildman–Crippen MR) is 131 cm³/mol. The van der Waals surface area contributed by atoms with Gasteiger partial charge in [-0.1, -0.05) is 33.8 Å². The summed E-state index contributed by atoms with van der Waals surface area (Å²) in [7, 11) is 1.57. The molecular formula is C25H40N2O9. The van der Waals surface area contributed by atoms with Gasteiger partial charge in [0.15, 0.2) is 6.10 Å². The third-order valence-corrected chi connectivity index (χ3v) is 5.03. The number of ether oxygens (including phenoxy) is 3. The molecule has 1 aliphatic heterocycles. The fraction of sp³-hybridized carbons (Fsp3) is 0.640. The number of carboxylic acids is 1. The number of amides is 1. The van der Waals surface area contributed by atoms with Crippen LogP contribution >= 0.6 is 0 Å². The van der Waals surface area contributed by atoms with Crippen LogP contribution in [0.25, 0.3) is 0 Å². The molecule has 2 rings (SSSR count). The van der Waals surface area contributed by atoms with Crippen LogP contribution in [0.1, 0.15) is 51.7 Å². The maximum atomic E-state index is 12.1. The molecule has 36 heavy (non-hydrogen) atoms. The third kappa shape index (κ3) is 11.4. The van der Waals surface area contributed by atoms with Crippen LogP contribution in [0.5, 0.6) is 5.75 Å². The molecule has 11 nitrogen and oxygen atoms in total. The number of nitrogens with one attached hydrogen (secondary N) is 2. The minimum absolute atomic E-state index is 0.0998. The molecule has 0 spiro atoms. The first-order valence-electron chi connectivity index (χ1n) is 12.0. The van der Waals surface area contributed by atoms with Crippen molar-refractivity contribution in [2.75, 3.05) is 13.7 Å². The molecular weight excluding hydrogens is 472 g/mol. The number of carboxylic acid groups (broad SMARTS) is 1. The Bertz CT molecular complexity index is 832. The molecule has 5 N–H and O–H groups in total. The smallest absolute Gasteiger partial charge is 0.335 e. The van der Waals surface area contributed by atoms with Crippen LogP contribution in [0.4, 0.5) is 0 Å². The van der Waals surface area contributed by atoms with E-state index >= 15 is 0 Å². The number of rotatable bonds is 12. The largest absolute Gasteiger partial charge is 0.479 e. The van der Waals surface area contributed by atoms with E-state index in [-0.39, 0.29) is 30.8 Å². The maximum Gasteiger partial charge on any atom is 0.335 e. The van der Waals surface area contributed by atoms with Crippen molar-refractivity contribution in [1.82, 2.24) is 10.6 Å². The minimum atomic E-state index is -1.60. The number of aliphatic hydroxyl groups excluding tert-OH is 2. The van der Waals surface area contributed by atoms with E-state index in [2.05, 4.69) is 10.6 Å². The predicted octanol–water partition coefficient (Wildman–Crippen LogP) is 0.979. The molecule has 0 aliphatic carbocycles. The summed E-state index contributed by atoms with van der Waals surface area (Å²) in [5.74, 6) is -0.944. The SMILES string of the molecule is CC(C)C=O.COCc1ccc(OC2CC(O)C(O)C(C(=O)O)O2)c(CNC(=O)CCNC(C)C)c1. The summed E-state index contributed by atoms with van der Waals surface area (Å²) >= 11 is 0. The Morgan fingerprint density at radius 1 is 1.22 bits per heavy atom. The van der Waals surface area contributed by atoms with E-state index in [1.54, 1.807) is 19.2 Å². The Morgan fingerprint density at radius 2 is 1.89 bits per heavy atom. The highest BCUT2D eigenvalue weighted by Crippen LogP contribution is 2.27. The average molecular weight is 513 g/mol. The van der Waals surface area contributed by atoms with Crippen molar-refractivity contribution in [2.24, 2.45) is 5.92 Å². The van der Waals surface area contributed by atoms with Gasteiger partial charge in [-0.15, -0.1) is 0 Å². The molecule has 1 aromatic carbocycles. The lowest BCUT2D eigenvalue weighted by molar-refractivity contribution is -0.228. The molecule has 204 valence electrons. The Labute approximate surface area is 212 Å². The van der Waals surface area contributed by atoms with Crippen LogP contribution in [0.15, 0.2) is 18.2 Å². The Balaban J connectivity index is 0.00000118. The standard InChI is InChI=1S/C21H32N2O8.C4H8O/c1-12(2)22-7-6-17(25)23-10-14-8-13(11-29-3)4-5-16(14)30-18-9-15(24)19(26)20(31-18)21(27)28;1-4(2)3-5/h4-5,8,12,15,18-20,22,24,26H,6-7,9-11H2,1-3H3,(H,23,25)(H,27,28);3-4H,1-2H3. The van der Waals surface area contributed by atoms with Gasteiger partial charge >= 0.3 is 5.97 Å². The van der Waals surface area contributed by atoms with Gasteiger partial charge in [-0.05, 0) is 17.7 Å². The van der Waals surface area contributed by atoms with Crippen molar-refractivity contribution in [1.29, 1.82) is 0 Å². The molecule has 4 atom stereocenters. The summed E-state index contributed by atoms with van der Waals surface area (Å²) in [5, 5.41) is 35.0. The number of aliphatic carboxylic acids is 1. The van der Waals surface area contributed by atoms with Crippen molar-refractivity contribution in [3.8, 4) is 5.75 Å². The average Bonchev–Trinajstić information content (AvgIpc) is 2.81. The van der Waals surface area contributed by atoms with Gasteiger partial charge in [-0.3, -0.25) is 4.79 Å². The van der Waals surface area contributed by atoms with Gasteiger partial charge in [0.25, 0.3) is 0 Å². The summed E-state index contributed by atoms with van der Waals surface area (Å²) in [6.07, 6.45) is -4.38.